The van der Waals surface area contributed by atoms with Crippen molar-refractivity contribution in [2.75, 3.05) is 93.6 Å². The van der Waals surface area contributed by atoms with E-state index in [1.54, 1.807) is 41.5 Å². The number of hydrogen-bond acceptors (Lipinski definition) is 18. The molecule has 1 aromatic rings. The molecular weight excluding hydrogens is 961 g/mol. The highest BCUT2D eigenvalue weighted by Gasteiger charge is 2.25. The number of carbonyl (C=O) groups excluding carboxylic acids is 6. The highest BCUT2D eigenvalue weighted by molar-refractivity contribution is 5.88. The highest BCUT2D eigenvalue weighted by Crippen LogP contribution is 2.25. The van der Waals surface area contributed by atoms with Gasteiger partial charge in [0.15, 0.2) is 0 Å². The van der Waals surface area contributed by atoms with Crippen LogP contribution in [0.3, 0.4) is 0 Å². The van der Waals surface area contributed by atoms with Crippen molar-refractivity contribution in [2.24, 2.45) is 35.5 Å². The number of anilines is 3. The Balaban J connectivity index is 4.14. The van der Waals surface area contributed by atoms with Crippen LogP contribution in [-0.2, 0) is 57.2 Å². The second-order valence-corrected chi connectivity index (χ2v) is 20.8. The Morgan fingerprint density at radius 2 is 0.453 bits per heavy atom. The summed E-state index contributed by atoms with van der Waals surface area (Å²) in [6.45, 7) is 47.5. The minimum atomic E-state index is -0.470. The predicted octanol–water partition coefficient (Wildman–Crippen LogP) is 9.16. The Kier molecular flexibility index (Phi) is 31.1. The summed E-state index contributed by atoms with van der Waals surface area (Å²) < 4.78 is 33.2. The molecule has 6 unspecified atom stereocenters. The molecule has 420 valence electrons. The first-order chi connectivity index (χ1) is 35.1. The van der Waals surface area contributed by atoms with Crippen LogP contribution < -0.4 is 14.7 Å². The molecule has 0 aliphatic rings. The number of nitrogens with zero attached hydrogens (tertiary/aromatic N) is 6. The molecule has 0 aliphatic heterocycles. The molecule has 6 atom stereocenters. The van der Waals surface area contributed by atoms with Crippen molar-refractivity contribution in [2.45, 2.75) is 122 Å². The van der Waals surface area contributed by atoms with Gasteiger partial charge in [0.25, 0.3) is 0 Å². The van der Waals surface area contributed by atoms with Crippen molar-refractivity contribution < 1.29 is 57.2 Å². The third-order valence-corrected chi connectivity index (χ3v) is 11.9. The van der Waals surface area contributed by atoms with Crippen molar-refractivity contribution in [1.82, 2.24) is 15.0 Å². The van der Waals surface area contributed by atoms with E-state index < -0.39 is 35.8 Å². The fourth-order valence-corrected chi connectivity index (χ4v) is 6.51. The van der Waals surface area contributed by atoms with Gasteiger partial charge < -0.3 is 43.1 Å². The monoisotopic (exact) mass is 1050 g/mol. The Labute approximate surface area is 448 Å². The molecule has 0 spiro atoms. The third kappa shape index (κ3) is 28.2. The minimum Gasteiger partial charge on any atom is -0.462 e. The van der Waals surface area contributed by atoms with E-state index >= 15 is 0 Å². The van der Waals surface area contributed by atoms with E-state index in [0.29, 0.717) is 129 Å². The topological polar surface area (TPSA) is 206 Å². The molecule has 18 nitrogen and oxygen atoms in total. The molecule has 1 heterocycles. The average molecular weight is 1050 g/mol. The van der Waals surface area contributed by atoms with Gasteiger partial charge in [0.05, 0.1) is 39.6 Å². The standard InChI is InChI=1S/C57H90N6O12/c1-37(2)49(64)70-31-43(13)19-25-61(26-20-44(14)32-71-50(65)38(3)4)55-58-56(62(27-21-45(15)33-72-51(66)39(5)6)28-22-46(16)34-73-52(67)40(7)8)60-57(59-55)63(29-23-47(17)35-74-53(68)41(9)10)30-24-48(18)36-75-54(69)42(11)12/h43-48H,1,3,5,7,9,11,19-36H2,2,4,6,8,10,12-18H3. The van der Waals surface area contributed by atoms with Gasteiger partial charge in [-0.3, -0.25) is 0 Å². The lowest BCUT2D eigenvalue weighted by atomic mass is 10.1. The summed E-state index contributed by atoms with van der Waals surface area (Å²) in [4.78, 5) is 96.2. The minimum absolute atomic E-state index is 0.0691. The van der Waals surface area contributed by atoms with Crippen LogP contribution in [0.1, 0.15) is 122 Å². The van der Waals surface area contributed by atoms with E-state index in [0.717, 1.165) is 0 Å². The molecule has 1 aromatic heterocycles. The van der Waals surface area contributed by atoms with Gasteiger partial charge in [-0.15, -0.1) is 0 Å². The molecule has 0 aliphatic carbocycles. The summed E-state index contributed by atoms with van der Waals surface area (Å²) in [7, 11) is 0. The lowest BCUT2D eigenvalue weighted by molar-refractivity contribution is -0.141. The molecule has 0 bridgehead atoms. The molecule has 0 aromatic carbocycles. The molecule has 0 N–H and O–H groups in total. The Bertz CT molecular complexity index is 1770. The molecule has 0 radical (unpaired) electrons. The zero-order valence-corrected chi connectivity index (χ0v) is 47.5. The van der Waals surface area contributed by atoms with Crippen LogP contribution in [-0.4, -0.2) is 130 Å². The largest absolute Gasteiger partial charge is 0.462 e. The number of rotatable bonds is 39. The van der Waals surface area contributed by atoms with E-state index in [1.165, 1.54) is 0 Å². The summed E-state index contributed by atoms with van der Waals surface area (Å²) in [5.41, 5.74) is 1.83. The Hall–Kier alpha value is -6.33. The van der Waals surface area contributed by atoms with Crippen LogP contribution in [0.15, 0.2) is 72.9 Å². The van der Waals surface area contributed by atoms with Crippen LogP contribution in [0.25, 0.3) is 0 Å². The van der Waals surface area contributed by atoms with Crippen LogP contribution >= 0.6 is 0 Å². The first kappa shape index (κ1) is 66.7. The van der Waals surface area contributed by atoms with Crippen LogP contribution in [0.2, 0.25) is 0 Å². The normalized spacial score (nSPS) is 13.3. The van der Waals surface area contributed by atoms with Gasteiger partial charge in [0, 0.05) is 72.7 Å². The molecule has 18 heteroatoms. The maximum atomic E-state index is 12.4. The maximum Gasteiger partial charge on any atom is 0.333 e. The number of ether oxygens (including phenoxy) is 6. The van der Waals surface area contributed by atoms with Crippen molar-refractivity contribution in [3.05, 3.63) is 72.9 Å². The summed E-state index contributed by atoms with van der Waals surface area (Å²) in [5, 5.41) is 0. The van der Waals surface area contributed by atoms with Crippen molar-refractivity contribution in [3.8, 4) is 0 Å². The molecule has 0 saturated carbocycles. The lowest BCUT2D eigenvalue weighted by Gasteiger charge is -2.31. The number of carbonyl (C=O) groups is 6. The predicted molar refractivity (Wildman–Crippen MR) is 294 cm³/mol. The molecule has 75 heavy (non-hydrogen) atoms. The number of esters is 6. The fraction of sp³-hybridized carbons (Fsp3) is 0.632. The van der Waals surface area contributed by atoms with E-state index in [4.69, 9.17) is 43.4 Å². The molecule has 0 saturated heterocycles. The molecule has 1 rings (SSSR count). The van der Waals surface area contributed by atoms with Gasteiger partial charge in [-0.1, -0.05) is 81.0 Å². The third-order valence-electron chi connectivity index (χ3n) is 11.9. The van der Waals surface area contributed by atoms with Gasteiger partial charge in [-0.2, -0.15) is 15.0 Å². The summed E-state index contributed by atoms with van der Waals surface area (Å²) >= 11 is 0. The first-order valence-electron chi connectivity index (χ1n) is 26.1. The highest BCUT2D eigenvalue weighted by atomic mass is 16.6. The molecule has 0 fully saturated rings. The van der Waals surface area contributed by atoms with Crippen LogP contribution in [0, 0.1) is 35.5 Å². The van der Waals surface area contributed by atoms with E-state index in [1.807, 2.05) is 41.5 Å². The van der Waals surface area contributed by atoms with E-state index in [2.05, 4.69) is 54.2 Å². The van der Waals surface area contributed by atoms with Gasteiger partial charge in [-0.05, 0) is 116 Å². The number of aromatic nitrogens is 3. The van der Waals surface area contributed by atoms with Crippen LogP contribution in [0.4, 0.5) is 17.8 Å². The van der Waals surface area contributed by atoms with Gasteiger partial charge in [0.2, 0.25) is 17.8 Å². The maximum absolute atomic E-state index is 12.4. The average Bonchev–Trinajstić information content (AvgIpc) is 3.35. The van der Waals surface area contributed by atoms with Gasteiger partial charge in [0.1, 0.15) is 0 Å². The van der Waals surface area contributed by atoms with Crippen molar-refractivity contribution in [1.29, 1.82) is 0 Å². The SMILES string of the molecule is C=C(C)C(=O)OCC(C)CCN(CCC(C)COC(=O)C(=C)C)c1nc(N(CCC(C)COC(=O)C(=C)C)CCC(C)COC(=O)C(=C)C)nc(N(CCC(C)COC(=O)C(=C)C)CCC(C)COC(=O)C(=C)C)n1. The smallest absolute Gasteiger partial charge is 0.333 e. The zero-order chi connectivity index (χ0) is 56.9. The first-order valence-corrected chi connectivity index (χ1v) is 26.1. The van der Waals surface area contributed by atoms with E-state index in [-0.39, 0.29) is 75.1 Å². The Morgan fingerprint density at radius 3 is 0.573 bits per heavy atom. The Morgan fingerprint density at radius 1 is 0.320 bits per heavy atom. The second-order valence-electron chi connectivity index (χ2n) is 20.8. The second kappa shape index (κ2) is 35.0. The molecule has 0 amide bonds. The summed E-state index contributed by atoms with van der Waals surface area (Å²) in [6.07, 6.45) is 3.46. The molecular formula is C57H90N6O12. The van der Waals surface area contributed by atoms with Gasteiger partial charge >= 0.3 is 35.8 Å². The number of hydrogen-bond donors (Lipinski definition) is 0. The van der Waals surface area contributed by atoms with Crippen molar-refractivity contribution in [3.63, 3.8) is 0 Å². The fourth-order valence-electron chi connectivity index (χ4n) is 6.51. The van der Waals surface area contributed by atoms with Gasteiger partial charge in [-0.25, -0.2) is 28.8 Å². The van der Waals surface area contributed by atoms with Crippen molar-refractivity contribution >= 4 is 53.7 Å². The summed E-state index contributed by atoms with van der Waals surface area (Å²) in [6, 6.07) is 0. The zero-order valence-electron chi connectivity index (χ0n) is 47.5. The van der Waals surface area contributed by atoms with Crippen LogP contribution in [0.5, 0.6) is 0 Å². The van der Waals surface area contributed by atoms with E-state index in [9.17, 15) is 28.8 Å². The lowest BCUT2D eigenvalue weighted by Crippen LogP contribution is -2.36. The summed E-state index contributed by atoms with van der Waals surface area (Å²) in [5.74, 6) is -2.11. The quantitative estimate of drug-likeness (QED) is 0.0342.